The summed E-state index contributed by atoms with van der Waals surface area (Å²) >= 11 is 0. The summed E-state index contributed by atoms with van der Waals surface area (Å²) in [5.41, 5.74) is 10.1. The lowest BCUT2D eigenvalue weighted by Crippen LogP contribution is -2.19. The quantitative estimate of drug-likeness (QED) is 0.445. The molecule has 0 fully saturated rings. The van der Waals surface area contributed by atoms with Crippen LogP contribution >= 0.6 is 0 Å². The zero-order chi connectivity index (χ0) is 22.5. The fourth-order valence-electron chi connectivity index (χ4n) is 3.16. The van der Waals surface area contributed by atoms with Gasteiger partial charge in [-0.05, 0) is 47.5 Å². The molecule has 31 heavy (non-hydrogen) atoms. The Morgan fingerprint density at radius 1 is 0.645 bits per heavy atom. The van der Waals surface area contributed by atoms with Crippen LogP contribution in [0.3, 0.4) is 0 Å². The molecule has 4 N–H and O–H groups in total. The average Bonchev–Trinajstić information content (AvgIpc) is 2.77. The Morgan fingerprint density at radius 3 is 1.52 bits per heavy atom. The molecular weight excluding hydrogens is 390 g/mol. The maximum absolute atomic E-state index is 11.2. The van der Waals surface area contributed by atoms with Crippen molar-refractivity contribution < 1.29 is 0 Å². The lowest BCUT2D eigenvalue weighted by molar-refractivity contribution is 0.977. The van der Waals surface area contributed by atoms with Crippen LogP contribution in [0.2, 0.25) is 0 Å². The van der Waals surface area contributed by atoms with E-state index in [0.29, 0.717) is 11.1 Å². The van der Waals surface area contributed by atoms with Crippen LogP contribution in [0.4, 0.5) is 17.1 Å². The Kier molecular flexibility index (Phi) is 6.45. The molecule has 0 atom stereocenters. The summed E-state index contributed by atoms with van der Waals surface area (Å²) in [6.07, 6.45) is 0. The van der Waals surface area contributed by atoms with Crippen molar-refractivity contribution in [3.05, 3.63) is 87.4 Å². The molecule has 0 saturated carbocycles. The second-order valence-corrected chi connectivity index (χ2v) is 7.56. The highest BCUT2D eigenvalue weighted by Crippen LogP contribution is 2.24. The molecule has 7 heteroatoms. The van der Waals surface area contributed by atoms with E-state index in [-0.39, 0.29) is 16.5 Å². The molecule has 0 radical (unpaired) electrons. The number of aromatic amines is 2. The van der Waals surface area contributed by atoms with Gasteiger partial charge < -0.3 is 15.5 Å². The number of H-pyrrole nitrogens is 2. The molecule has 0 unspecified atom stereocenters. The van der Waals surface area contributed by atoms with E-state index >= 15 is 0 Å². The number of aromatic nitrogens is 2. The summed E-state index contributed by atoms with van der Waals surface area (Å²) in [4.78, 5) is 26.7. The largest absolute Gasteiger partial charge is 0.398 e. The minimum absolute atomic E-state index is 0.242. The average molecular weight is 418 g/mol. The zero-order valence-electron chi connectivity index (χ0n) is 18.1. The second kappa shape index (κ2) is 9.21. The molecule has 160 valence electrons. The van der Waals surface area contributed by atoms with Crippen molar-refractivity contribution in [2.75, 3.05) is 43.7 Å². The summed E-state index contributed by atoms with van der Waals surface area (Å²) < 4.78 is 0. The van der Waals surface area contributed by atoms with E-state index in [4.69, 9.17) is 5.73 Å². The molecule has 3 aromatic carbocycles. The van der Waals surface area contributed by atoms with E-state index in [0.717, 1.165) is 0 Å². The lowest BCUT2D eigenvalue weighted by atomic mass is 10.0. The number of nitrogens with two attached hydrogens (primary N) is 1. The summed E-state index contributed by atoms with van der Waals surface area (Å²) in [6, 6.07) is 22.0. The van der Waals surface area contributed by atoms with Gasteiger partial charge in [-0.15, -0.1) is 0 Å². The number of nitrogens with one attached hydrogen (secondary N) is 2. The summed E-state index contributed by atoms with van der Waals surface area (Å²) in [5, 5.41) is 4.98. The van der Waals surface area contributed by atoms with Gasteiger partial charge in [-0.25, -0.2) is 0 Å². The first-order valence-corrected chi connectivity index (χ1v) is 9.82. The van der Waals surface area contributed by atoms with E-state index in [1.807, 2.05) is 0 Å². The number of nitrogen functional groups attached to an aromatic ring is 1. The highest BCUT2D eigenvalue weighted by Gasteiger charge is 2.04. The number of rotatable bonds is 3. The Hall–Kier alpha value is -4.00. The van der Waals surface area contributed by atoms with Crippen LogP contribution in [0.25, 0.3) is 21.9 Å². The Morgan fingerprint density at radius 2 is 1.10 bits per heavy atom. The Labute approximate surface area is 180 Å². The molecule has 1 aromatic heterocycles. The summed E-state index contributed by atoms with van der Waals surface area (Å²) in [6.45, 7) is 0. The van der Waals surface area contributed by atoms with Crippen molar-refractivity contribution in [3.8, 4) is 11.1 Å². The van der Waals surface area contributed by atoms with Gasteiger partial charge in [0.2, 0.25) is 0 Å². The zero-order valence-corrected chi connectivity index (χ0v) is 18.1. The molecule has 0 aliphatic carbocycles. The molecule has 0 bridgehead atoms. The number of anilines is 3. The number of benzene rings is 3. The molecule has 7 nitrogen and oxygen atoms in total. The van der Waals surface area contributed by atoms with Crippen LogP contribution in [-0.4, -0.2) is 38.4 Å². The maximum atomic E-state index is 11.2. The van der Waals surface area contributed by atoms with Crippen LogP contribution in [-0.2, 0) is 0 Å². The van der Waals surface area contributed by atoms with Crippen LogP contribution in [0.1, 0.15) is 0 Å². The predicted molar refractivity (Wildman–Crippen MR) is 130 cm³/mol. The van der Waals surface area contributed by atoms with Crippen LogP contribution in [0.5, 0.6) is 0 Å². The van der Waals surface area contributed by atoms with Gasteiger partial charge >= 0.3 is 0 Å². The molecule has 4 rings (SSSR count). The molecule has 0 aliphatic rings. The number of nitrogens with zero attached hydrogens (tertiary/aromatic N) is 2. The van der Waals surface area contributed by atoms with E-state index in [1.165, 1.54) is 22.5 Å². The highest BCUT2D eigenvalue weighted by molar-refractivity contribution is 5.91. The number of fused-ring (bicyclic) bond motifs is 1. The third kappa shape index (κ3) is 4.95. The lowest BCUT2D eigenvalue weighted by Gasteiger charge is -2.14. The fourth-order valence-corrected chi connectivity index (χ4v) is 3.16. The van der Waals surface area contributed by atoms with Crippen molar-refractivity contribution in [2.45, 2.75) is 0 Å². The monoisotopic (exact) mass is 417 g/mol. The second-order valence-electron chi connectivity index (χ2n) is 7.56. The van der Waals surface area contributed by atoms with E-state index < -0.39 is 0 Å². The van der Waals surface area contributed by atoms with Gasteiger partial charge in [0, 0.05) is 45.3 Å². The Balaban J connectivity index is 0.000000185. The van der Waals surface area contributed by atoms with Crippen molar-refractivity contribution in [2.24, 2.45) is 0 Å². The van der Waals surface area contributed by atoms with Crippen LogP contribution in [0, 0.1) is 0 Å². The summed E-state index contributed by atoms with van der Waals surface area (Å²) in [7, 11) is 8.23. The maximum Gasteiger partial charge on any atom is 0.272 e. The smallest absolute Gasteiger partial charge is 0.272 e. The normalized spacial score (nSPS) is 10.3. The van der Waals surface area contributed by atoms with E-state index in [9.17, 15) is 9.59 Å². The first-order chi connectivity index (χ1) is 14.8. The first kappa shape index (κ1) is 21.7. The van der Waals surface area contributed by atoms with Gasteiger partial charge in [0.1, 0.15) is 0 Å². The third-order valence-corrected chi connectivity index (χ3v) is 4.96. The van der Waals surface area contributed by atoms with Gasteiger partial charge in [0.15, 0.2) is 0 Å². The van der Waals surface area contributed by atoms with Gasteiger partial charge in [-0.1, -0.05) is 30.3 Å². The SMILES string of the molecule is CN(C)c1ccc(-c2ccc(N(C)C)cc2)cc1.Nc1cccc2c(=O)[nH][nH]c(=O)c12. The van der Waals surface area contributed by atoms with Gasteiger partial charge in [-0.3, -0.25) is 19.8 Å². The van der Waals surface area contributed by atoms with Crippen molar-refractivity contribution >= 4 is 27.8 Å². The number of hydrogen-bond acceptors (Lipinski definition) is 5. The molecule has 1 heterocycles. The van der Waals surface area contributed by atoms with Crippen molar-refractivity contribution in [3.63, 3.8) is 0 Å². The van der Waals surface area contributed by atoms with Gasteiger partial charge in [0.25, 0.3) is 11.1 Å². The standard InChI is InChI=1S/C16H20N2.C8H7N3O2/c1-17(2)15-9-5-13(6-10-15)14-7-11-16(12-8-14)18(3)4;9-5-3-1-2-4-6(5)8(13)11-10-7(4)12/h5-12H,1-4H3;1-3H,9H2,(H,10,12)(H,11,13). The first-order valence-electron chi connectivity index (χ1n) is 9.82. The molecule has 0 aliphatic heterocycles. The van der Waals surface area contributed by atoms with E-state index in [2.05, 4.69) is 96.7 Å². The van der Waals surface area contributed by atoms with Gasteiger partial charge in [-0.2, -0.15) is 0 Å². The van der Waals surface area contributed by atoms with Crippen LogP contribution in [0.15, 0.2) is 76.3 Å². The Bertz CT molecular complexity index is 1220. The topological polar surface area (TPSA) is 98.2 Å². The molecule has 0 amide bonds. The summed E-state index contributed by atoms with van der Waals surface area (Å²) in [5.74, 6) is 0. The van der Waals surface area contributed by atoms with E-state index in [1.54, 1.807) is 18.2 Å². The minimum Gasteiger partial charge on any atom is -0.398 e. The fraction of sp³-hybridized carbons (Fsp3) is 0.167. The molecule has 0 spiro atoms. The highest BCUT2D eigenvalue weighted by atomic mass is 16.1. The van der Waals surface area contributed by atoms with Gasteiger partial charge in [0.05, 0.1) is 10.8 Å². The van der Waals surface area contributed by atoms with Crippen LogP contribution < -0.4 is 26.7 Å². The number of hydrogen-bond donors (Lipinski definition) is 3. The molecular formula is C24H27N5O2. The third-order valence-electron chi connectivity index (χ3n) is 4.96. The predicted octanol–water partition coefficient (Wildman–Crippen LogP) is 3.28. The van der Waals surface area contributed by atoms with Crippen molar-refractivity contribution in [1.82, 2.24) is 10.2 Å². The molecule has 4 aromatic rings. The minimum atomic E-state index is -0.382. The molecule has 0 saturated heterocycles. The van der Waals surface area contributed by atoms with Crippen molar-refractivity contribution in [1.29, 1.82) is 0 Å².